The van der Waals surface area contributed by atoms with Crippen LogP contribution in [0.3, 0.4) is 0 Å². The van der Waals surface area contributed by atoms with E-state index in [9.17, 15) is 14.4 Å². The van der Waals surface area contributed by atoms with E-state index in [2.05, 4.69) is 45.9 Å². The minimum absolute atomic E-state index is 0.0720. The van der Waals surface area contributed by atoms with Crippen LogP contribution in [0.5, 0.6) is 0 Å². The summed E-state index contributed by atoms with van der Waals surface area (Å²) in [5.41, 5.74) is 4.36. The maximum atomic E-state index is 13.1. The predicted molar refractivity (Wildman–Crippen MR) is 126 cm³/mol. The maximum absolute atomic E-state index is 13.1. The molecule has 170 valence electrons. The molecule has 4 atom stereocenters. The summed E-state index contributed by atoms with van der Waals surface area (Å²) in [4.78, 5) is 40.0. The lowest BCUT2D eigenvalue weighted by Gasteiger charge is -2.19. The van der Waals surface area contributed by atoms with Gasteiger partial charge in [-0.2, -0.15) is 0 Å². The summed E-state index contributed by atoms with van der Waals surface area (Å²) < 4.78 is 5.46. The van der Waals surface area contributed by atoms with Crippen LogP contribution in [0.2, 0.25) is 0 Å². The number of benzene rings is 2. The fraction of sp³-hybridized carbons (Fsp3) is 0.393. The normalized spacial score (nSPS) is 25.9. The predicted octanol–water partition coefficient (Wildman–Crippen LogP) is 5.04. The average molecular weight is 444 g/mol. The standard InChI is InChI=1S/C28H29NO4/c1-16-13-19-14-22(16)24-23(19)25(30)29(26(24)31)21-11-7-18(8-12-21)27(32)33-15-17-5-9-20(10-6-17)28(2,3)4/h5-13,19,22-24H,14-15H2,1-4H3/t19-,22+,23-,24-/m0/s1. The van der Waals surface area contributed by atoms with E-state index in [1.807, 2.05) is 12.1 Å². The lowest BCUT2D eigenvalue weighted by molar-refractivity contribution is -0.123. The van der Waals surface area contributed by atoms with E-state index < -0.39 is 5.97 Å². The second-order valence-corrected chi connectivity index (χ2v) is 10.6. The Labute approximate surface area is 194 Å². The molecular formula is C28H29NO4. The number of amides is 2. The highest BCUT2D eigenvalue weighted by Gasteiger charge is 2.60. The summed E-state index contributed by atoms with van der Waals surface area (Å²) in [5.74, 6) is -0.770. The van der Waals surface area contributed by atoms with Crippen molar-refractivity contribution in [3.63, 3.8) is 0 Å². The van der Waals surface area contributed by atoms with Crippen LogP contribution in [0.15, 0.2) is 60.2 Å². The van der Waals surface area contributed by atoms with Crippen molar-refractivity contribution in [1.29, 1.82) is 0 Å². The number of rotatable bonds is 4. The zero-order chi connectivity index (χ0) is 23.5. The molecule has 1 saturated heterocycles. The molecule has 1 heterocycles. The molecule has 0 N–H and O–H groups in total. The molecule has 2 amide bonds. The molecule has 3 aliphatic rings. The van der Waals surface area contributed by atoms with Crippen molar-refractivity contribution in [2.45, 2.75) is 46.1 Å². The highest BCUT2D eigenvalue weighted by molar-refractivity contribution is 6.23. The van der Waals surface area contributed by atoms with Crippen molar-refractivity contribution in [2.75, 3.05) is 4.90 Å². The third kappa shape index (κ3) is 3.60. The number of esters is 1. The number of carbonyl (C=O) groups is 3. The van der Waals surface area contributed by atoms with Gasteiger partial charge in [-0.15, -0.1) is 0 Å². The number of hydrogen-bond acceptors (Lipinski definition) is 4. The van der Waals surface area contributed by atoms with Crippen LogP contribution < -0.4 is 4.90 Å². The first-order valence-electron chi connectivity index (χ1n) is 11.6. The minimum Gasteiger partial charge on any atom is -0.457 e. The fourth-order valence-corrected chi connectivity index (χ4v) is 5.61. The molecule has 1 saturated carbocycles. The van der Waals surface area contributed by atoms with Crippen molar-refractivity contribution in [2.24, 2.45) is 23.7 Å². The van der Waals surface area contributed by atoms with E-state index >= 15 is 0 Å². The summed E-state index contributed by atoms with van der Waals surface area (Å²) in [6.45, 7) is 8.71. The number of anilines is 1. The lowest BCUT2D eigenvalue weighted by Crippen LogP contribution is -2.32. The molecule has 2 fully saturated rings. The van der Waals surface area contributed by atoms with Gasteiger partial charge in [-0.25, -0.2) is 4.79 Å². The fourth-order valence-electron chi connectivity index (χ4n) is 5.61. The van der Waals surface area contributed by atoms with Crippen LogP contribution in [0.1, 0.15) is 55.6 Å². The zero-order valence-electron chi connectivity index (χ0n) is 19.5. The van der Waals surface area contributed by atoms with Crippen LogP contribution in [-0.4, -0.2) is 17.8 Å². The smallest absolute Gasteiger partial charge is 0.338 e. The van der Waals surface area contributed by atoms with Gasteiger partial charge in [0, 0.05) is 0 Å². The molecule has 0 spiro atoms. The monoisotopic (exact) mass is 443 g/mol. The van der Waals surface area contributed by atoms with Gasteiger partial charge in [0.05, 0.1) is 23.1 Å². The van der Waals surface area contributed by atoms with E-state index in [-0.39, 0.29) is 47.5 Å². The summed E-state index contributed by atoms with van der Waals surface area (Å²) in [7, 11) is 0. The second-order valence-electron chi connectivity index (χ2n) is 10.6. The Hall–Kier alpha value is -3.21. The first-order valence-corrected chi connectivity index (χ1v) is 11.6. The van der Waals surface area contributed by atoms with Gasteiger partial charge >= 0.3 is 5.97 Å². The molecule has 2 bridgehead atoms. The summed E-state index contributed by atoms with van der Waals surface area (Å²) in [6.07, 6.45) is 3.08. The van der Waals surface area contributed by atoms with Crippen LogP contribution >= 0.6 is 0 Å². The molecule has 5 rings (SSSR count). The lowest BCUT2D eigenvalue weighted by atomic mass is 9.82. The van der Waals surface area contributed by atoms with Crippen molar-refractivity contribution in [1.82, 2.24) is 0 Å². The molecule has 2 aliphatic carbocycles. The van der Waals surface area contributed by atoms with E-state index in [0.29, 0.717) is 11.3 Å². The molecule has 5 nitrogen and oxygen atoms in total. The first kappa shape index (κ1) is 21.6. The Morgan fingerprint density at radius 2 is 1.61 bits per heavy atom. The molecule has 0 aromatic heterocycles. The van der Waals surface area contributed by atoms with Crippen molar-refractivity contribution in [3.8, 4) is 0 Å². The Morgan fingerprint density at radius 3 is 2.24 bits per heavy atom. The van der Waals surface area contributed by atoms with Gasteiger partial charge < -0.3 is 4.74 Å². The number of allylic oxidation sites excluding steroid dienone is 2. The third-order valence-electron chi connectivity index (χ3n) is 7.43. The molecule has 1 aliphatic heterocycles. The zero-order valence-corrected chi connectivity index (χ0v) is 19.5. The van der Waals surface area contributed by atoms with Crippen LogP contribution in [0, 0.1) is 23.7 Å². The summed E-state index contributed by atoms with van der Waals surface area (Å²) in [5, 5.41) is 0. The number of ether oxygens (including phenoxy) is 1. The van der Waals surface area contributed by atoms with Crippen molar-refractivity contribution in [3.05, 3.63) is 76.9 Å². The Bertz CT molecular complexity index is 1150. The van der Waals surface area contributed by atoms with Gasteiger partial charge in [0.1, 0.15) is 6.61 Å². The Balaban J connectivity index is 1.24. The third-order valence-corrected chi connectivity index (χ3v) is 7.43. The molecule has 33 heavy (non-hydrogen) atoms. The number of hydrogen-bond donors (Lipinski definition) is 0. The largest absolute Gasteiger partial charge is 0.457 e. The average Bonchev–Trinajstić information content (AvgIpc) is 3.42. The van der Waals surface area contributed by atoms with Gasteiger partial charge in [-0.3, -0.25) is 14.5 Å². The van der Waals surface area contributed by atoms with Crippen LogP contribution in [0.25, 0.3) is 0 Å². The van der Waals surface area contributed by atoms with Gasteiger partial charge in [-0.1, -0.05) is 56.7 Å². The highest BCUT2D eigenvalue weighted by atomic mass is 16.5. The molecule has 2 aromatic rings. The molecule has 0 radical (unpaired) electrons. The van der Waals surface area contributed by atoms with Crippen LogP contribution in [0.4, 0.5) is 5.69 Å². The number of imide groups is 1. The Kier molecular flexibility index (Phi) is 5.04. The van der Waals surface area contributed by atoms with Crippen LogP contribution in [-0.2, 0) is 26.3 Å². The SMILES string of the molecule is CC1=C[C@H]2C[C@H]1[C@@H]1C(=O)N(c3ccc(C(=O)OCc4ccc(C(C)(C)C)cc4)cc3)C(=O)[C@H]12. The molecule has 0 unspecified atom stereocenters. The number of carbonyl (C=O) groups excluding carboxylic acids is 3. The number of fused-ring (bicyclic) bond motifs is 5. The quantitative estimate of drug-likeness (QED) is 0.377. The van der Waals surface area contributed by atoms with E-state index in [1.54, 1.807) is 24.3 Å². The van der Waals surface area contributed by atoms with E-state index in [4.69, 9.17) is 4.74 Å². The van der Waals surface area contributed by atoms with Crippen molar-refractivity contribution >= 4 is 23.5 Å². The van der Waals surface area contributed by atoms with Gasteiger partial charge in [0.2, 0.25) is 11.8 Å². The first-order chi connectivity index (χ1) is 15.6. The molecule has 2 aromatic carbocycles. The topological polar surface area (TPSA) is 63.7 Å². The summed E-state index contributed by atoms with van der Waals surface area (Å²) >= 11 is 0. The maximum Gasteiger partial charge on any atom is 0.338 e. The van der Waals surface area contributed by atoms with E-state index in [1.165, 1.54) is 16.0 Å². The minimum atomic E-state index is -0.435. The van der Waals surface area contributed by atoms with Gasteiger partial charge in [0.15, 0.2) is 0 Å². The van der Waals surface area contributed by atoms with Crippen molar-refractivity contribution < 1.29 is 19.1 Å². The summed E-state index contributed by atoms with van der Waals surface area (Å²) in [6, 6.07) is 14.6. The second kappa shape index (κ2) is 7.68. The highest BCUT2D eigenvalue weighted by Crippen LogP contribution is 2.55. The number of nitrogens with zero attached hydrogens (tertiary/aromatic N) is 1. The Morgan fingerprint density at radius 1 is 0.970 bits per heavy atom. The van der Waals surface area contributed by atoms with Gasteiger partial charge in [-0.05, 0) is 66.0 Å². The molecular weight excluding hydrogens is 414 g/mol. The molecule has 5 heteroatoms. The van der Waals surface area contributed by atoms with Gasteiger partial charge in [0.25, 0.3) is 0 Å². The van der Waals surface area contributed by atoms with E-state index in [0.717, 1.165) is 12.0 Å².